The van der Waals surface area contributed by atoms with E-state index in [0.717, 1.165) is 16.8 Å². The smallest absolute Gasteiger partial charge is 0.0991 e. The van der Waals surface area contributed by atoms with Crippen LogP contribution in [0.25, 0.3) is 6.08 Å². The molecule has 2 heteroatoms. The molecule has 18 heavy (non-hydrogen) atoms. The maximum Gasteiger partial charge on any atom is 0.0991 e. The molecule has 2 nitrogen and oxygen atoms in total. The van der Waals surface area contributed by atoms with E-state index in [1.54, 1.807) is 24.4 Å². The summed E-state index contributed by atoms with van der Waals surface area (Å²) in [4.78, 5) is 4.37. The second kappa shape index (κ2) is 5.60. The van der Waals surface area contributed by atoms with E-state index in [2.05, 4.69) is 17.6 Å². The van der Waals surface area contributed by atoms with Crippen LogP contribution < -0.4 is 0 Å². The lowest BCUT2D eigenvalue weighted by atomic mass is 10.1. The molecule has 0 unspecified atom stereocenters. The largest absolute Gasteiger partial charge is 0.256 e. The highest BCUT2D eigenvalue weighted by Gasteiger charge is 1.91. The van der Waals surface area contributed by atoms with Gasteiger partial charge in [0.1, 0.15) is 0 Å². The predicted octanol–water partition coefficient (Wildman–Crippen LogP) is 3.95. The van der Waals surface area contributed by atoms with E-state index in [1.807, 2.05) is 36.4 Å². The predicted molar refractivity (Wildman–Crippen MR) is 74.9 cm³/mol. The van der Waals surface area contributed by atoms with Gasteiger partial charge in [0, 0.05) is 6.21 Å². The zero-order valence-corrected chi connectivity index (χ0v) is 9.88. The zero-order valence-electron chi connectivity index (χ0n) is 9.88. The highest BCUT2D eigenvalue weighted by molar-refractivity contribution is 5.82. The number of hydrogen-bond acceptors (Lipinski definition) is 2. The molecule has 2 rings (SSSR count). The monoisotopic (exact) mass is 232 g/mol. The molecular weight excluding hydrogens is 220 g/mol. The first-order valence-corrected chi connectivity index (χ1v) is 5.58. The molecule has 0 aliphatic rings. The van der Waals surface area contributed by atoms with E-state index in [1.165, 1.54) is 0 Å². The third kappa shape index (κ3) is 2.93. The Kier molecular flexibility index (Phi) is 3.68. The Morgan fingerprint density at radius 2 is 1.56 bits per heavy atom. The van der Waals surface area contributed by atoms with Crippen molar-refractivity contribution in [2.45, 2.75) is 0 Å². The molecule has 0 heterocycles. The first-order chi connectivity index (χ1) is 8.81. The van der Waals surface area contributed by atoms with E-state index >= 15 is 0 Å². The van der Waals surface area contributed by atoms with E-state index in [9.17, 15) is 0 Å². The second-order valence-corrected chi connectivity index (χ2v) is 3.79. The van der Waals surface area contributed by atoms with Crippen molar-refractivity contribution in [3.63, 3.8) is 0 Å². The Balaban J connectivity index is 2.14. The first kappa shape index (κ1) is 11.8. The van der Waals surface area contributed by atoms with Crippen molar-refractivity contribution in [2.24, 2.45) is 4.99 Å². The molecule has 0 radical (unpaired) electrons. The zero-order chi connectivity index (χ0) is 12.8. The van der Waals surface area contributed by atoms with Gasteiger partial charge in [-0.05, 0) is 35.4 Å². The van der Waals surface area contributed by atoms with Gasteiger partial charge in [0.05, 0.1) is 17.3 Å². The van der Waals surface area contributed by atoms with E-state index < -0.39 is 0 Å². The van der Waals surface area contributed by atoms with Crippen LogP contribution in [-0.2, 0) is 0 Å². The van der Waals surface area contributed by atoms with Crippen LogP contribution in [0.5, 0.6) is 0 Å². The Hall–Kier alpha value is -2.66. The van der Waals surface area contributed by atoms with E-state index in [0.29, 0.717) is 5.56 Å². The number of nitriles is 1. The summed E-state index contributed by atoms with van der Waals surface area (Å²) in [6, 6.07) is 17.2. The summed E-state index contributed by atoms with van der Waals surface area (Å²) in [6.45, 7) is 3.71. The summed E-state index contributed by atoms with van der Waals surface area (Å²) < 4.78 is 0. The van der Waals surface area contributed by atoms with Crippen molar-refractivity contribution in [1.29, 1.82) is 5.26 Å². The fraction of sp³-hybridized carbons (Fsp3) is 0. The first-order valence-electron chi connectivity index (χ1n) is 5.58. The van der Waals surface area contributed by atoms with E-state index in [4.69, 9.17) is 5.26 Å². The molecule has 86 valence electrons. The Bertz CT molecular complexity index is 599. The second-order valence-electron chi connectivity index (χ2n) is 3.79. The van der Waals surface area contributed by atoms with Gasteiger partial charge in [0.25, 0.3) is 0 Å². The van der Waals surface area contributed by atoms with Crippen molar-refractivity contribution < 1.29 is 0 Å². The van der Waals surface area contributed by atoms with Crippen molar-refractivity contribution >= 4 is 18.0 Å². The topological polar surface area (TPSA) is 36.1 Å². The number of aliphatic imine (C=N–C) groups is 1. The van der Waals surface area contributed by atoms with Gasteiger partial charge in [0.15, 0.2) is 0 Å². The van der Waals surface area contributed by atoms with Gasteiger partial charge >= 0.3 is 0 Å². The SMILES string of the molecule is C=Cc1ccc(N=Cc2ccc(C#N)cc2)cc1. The van der Waals surface area contributed by atoms with E-state index in [-0.39, 0.29) is 0 Å². The van der Waals surface area contributed by atoms with Gasteiger partial charge in [0.2, 0.25) is 0 Å². The molecule has 0 bridgehead atoms. The van der Waals surface area contributed by atoms with Crippen molar-refractivity contribution in [2.75, 3.05) is 0 Å². The molecule has 2 aromatic carbocycles. The summed E-state index contributed by atoms with van der Waals surface area (Å²) in [7, 11) is 0. The number of benzene rings is 2. The highest BCUT2D eigenvalue weighted by Crippen LogP contribution is 2.13. The van der Waals surface area contributed by atoms with Crippen LogP contribution in [-0.4, -0.2) is 6.21 Å². The maximum atomic E-state index is 8.69. The quantitative estimate of drug-likeness (QED) is 0.738. The third-order valence-electron chi connectivity index (χ3n) is 2.53. The standard InChI is InChI=1S/C16H12N2/c1-2-13-7-9-16(10-8-13)18-12-15-5-3-14(11-17)4-6-15/h2-10,12H,1H2. The fourth-order valence-electron chi connectivity index (χ4n) is 1.49. The van der Waals surface area contributed by atoms with Gasteiger partial charge in [-0.2, -0.15) is 5.26 Å². The summed E-state index contributed by atoms with van der Waals surface area (Å²) in [5, 5.41) is 8.69. The lowest BCUT2D eigenvalue weighted by molar-refractivity contribution is 1.47. The molecule has 0 spiro atoms. The van der Waals surface area contributed by atoms with Gasteiger partial charge in [-0.25, -0.2) is 0 Å². The Labute approximate surface area is 107 Å². The summed E-state index contributed by atoms with van der Waals surface area (Å²) in [5.74, 6) is 0. The number of nitrogens with zero attached hydrogens (tertiary/aromatic N) is 2. The average molecular weight is 232 g/mol. The Morgan fingerprint density at radius 1 is 0.944 bits per heavy atom. The van der Waals surface area contributed by atoms with Crippen LogP contribution >= 0.6 is 0 Å². The van der Waals surface area contributed by atoms with Crippen LogP contribution in [0.1, 0.15) is 16.7 Å². The molecule has 0 saturated heterocycles. The van der Waals surface area contributed by atoms with Gasteiger partial charge in [-0.1, -0.05) is 36.9 Å². The van der Waals surface area contributed by atoms with Crippen LogP contribution in [0.3, 0.4) is 0 Å². The van der Waals surface area contributed by atoms with Crippen LogP contribution in [0.2, 0.25) is 0 Å². The van der Waals surface area contributed by atoms with Gasteiger partial charge in [-0.15, -0.1) is 0 Å². The molecule has 0 amide bonds. The average Bonchev–Trinajstić information content (AvgIpc) is 2.46. The summed E-state index contributed by atoms with van der Waals surface area (Å²) in [6.07, 6.45) is 3.58. The molecular formula is C16H12N2. The van der Waals surface area contributed by atoms with Crippen molar-refractivity contribution in [3.8, 4) is 6.07 Å². The molecule has 0 atom stereocenters. The van der Waals surface area contributed by atoms with Crippen LogP contribution in [0.4, 0.5) is 5.69 Å². The molecule has 0 aliphatic carbocycles. The summed E-state index contributed by atoms with van der Waals surface area (Å²) in [5.41, 5.74) is 3.60. The number of rotatable bonds is 3. The molecule has 0 N–H and O–H groups in total. The minimum atomic E-state index is 0.655. The number of hydrogen-bond donors (Lipinski definition) is 0. The minimum absolute atomic E-state index is 0.655. The lowest BCUT2D eigenvalue weighted by Crippen LogP contribution is -1.81. The van der Waals surface area contributed by atoms with Crippen molar-refractivity contribution in [1.82, 2.24) is 0 Å². The highest BCUT2D eigenvalue weighted by atomic mass is 14.7. The lowest BCUT2D eigenvalue weighted by Gasteiger charge is -1.96. The molecule has 0 aromatic heterocycles. The van der Waals surface area contributed by atoms with Crippen molar-refractivity contribution in [3.05, 3.63) is 71.8 Å². The van der Waals surface area contributed by atoms with Gasteiger partial charge < -0.3 is 0 Å². The van der Waals surface area contributed by atoms with Crippen LogP contribution in [0, 0.1) is 11.3 Å². The Morgan fingerprint density at radius 3 is 2.11 bits per heavy atom. The molecule has 0 saturated carbocycles. The molecule has 2 aromatic rings. The normalized spacial score (nSPS) is 10.2. The molecule has 0 aliphatic heterocycles. The minimum Gasteiger partial charge on any atom is -0.256 e. The summed E-state index contributed by atoms with van der Waals surface area (Å²) >= 11 is 0. The third-order valence-corrected chi connectivity index (χ3v) is 2.53. The molecule has 0 fully saturated rings. The maximum absolute atomic E-state index is 8.69. The fourth-order valence-corrected chi connectivity index (χ4v) is 1.49. The van der Waals surface area contributed by atoms with Gasteiger partial charge in [-0.3, -0.25) is 4.99 Å². The van der Waals surface area contributed by atoms with Crippen LogP contribution in [0.15, 0.2) is 60.1 Å².